The molecule has 30 heavy (non-hydrogen) atoms. The number of fused-ring (bicyclic) bond motifs is 1. The Bertz CT molecular complexity index is 1310. The summed E-state index contributed by atoms with van der Waals surface area (Å²) in [6.07, 6.45) is 1.79. The predicted octanol–water partition coefficient (Wildman–Crippen LogP) is 1.92. The molecule has 1 amide bonds. The van der Waals surface area contributed by atoms with E-state index in [1.165, 1.54) is 11.3 Å². The zero-order valence-electron chi connectivity index (χ0n) is 16.5. The Kier molecular flexibility index (Phi) is 5.64. The highest BCUT2D eigenvalue weighted by molar-refractivity contribution is 9.10. The lowest BCUT2D eigenvalue weighted by Gasteiger charge is -2.10. The number of hydrogen-bond donors (Lipinski definition) is 2. The van der Waals surface area contributed by atoms with Gasteiger partial charge in [0.2, 0.25) is 0 Å². The van der Waals surface area contributed by atoms with E-state index >= 15 is 0 Å². The molecular weight excluding hydrogens is 466 g/mol. The molecule has 0 atom stereocenters. The van der Waals surface area contributed by atoms with Gasteiger partial charge in [-0.25, -0.2) is 0 Å². The number of carbonyl (C=O) groups excluding carboxylic acids is 1. The highest BCUT2D eigenvalue weighted by Crippen LogP contribution is 2.32. The van der Waals surface area contributed by atoms with Gasteiger partial charge in [-0.1, -0.05) is 28.1 Å². The Morgan fingerprint density at radius 1 is 1.17 bits per heavy atom. The van der Waals surface area contributed by atoms with E-state index in [4.69, 9.17) is 0 Å². The number of anilines is 1. The smallest absolute Gasteiger partial charge is 0.269 e. The van der Waals surface area contributed by atoms with Crippen molar-refractivity contribution in [1.82, 2.24) is 9.47 Å². The Morgan fingerprint density at radius 3 is 2.60 bits per heavy atom. The zero-order valence-corrected chi connectivity index (χ0v) is 18.9. The summed E-state index contributed by atoms with van der Waals surface area (Å²) in [4.78, 5) is 28.1. The molecule has 1 aromatic heterocycles. The lowest BCUT2D eigenvalue weighted by molar-refractivity contribution is -0.110. The molecule has 2 N–H and O–H groups in total. The first-order valence-corrected chi connectivity index (χ1v) is 10.9. The van der Waals surface area contributed by atoms with Crippen LogP contribution < -0.4 is 20.1 Å². The SMILES string of the molecule is CN(C)CCn1c(=O)/c(=C/c2ccc(O)cc2)s/c1=C1\C(=O)Nc2ccc(Br)cc21. The van der Waals surface area contributed by atoms with Crippen LogP contribution in [0.1, 0.15) is 11.1 Å². The average molecular weight is 486 g/mol. The Morgan fingerprint density at radius 2 is 1.90 bits per heavy atom. The molecule has 0 aliphatic carbocycles. The summed E-state index contributed by atoms with van der Waals surface area (Å²) >= 11 is 4.78. The van der Waals surface area contributed by atoms with E-state index in [0.717, 1.165) is 21.3 Å². The van der Waals surface area contributed by atoms with Gasteiger partial charge in [-0.05, 0) is 56.1 Å². The maximum absolute atomic E-state index is 13.2. The van der Waals surface area contributed by atoms with Crippen LogP contribution in [0.15, 0.2) is 51.7 Å². The number of likely N-dealkylation sites (N-methyl/N-ethyl adjacent to an activating group) is 1. The van der Waals surface area contributed by atoms with Crippen LogP contribution in [0.4, 0.5) is 5.69 Å². The number of phenolic OH excluding ortho intramolecular Hbond substituents is 1. The van der Waals surface area contributed by atoms with Gasteiger partial charge in [-0.15, -0.1) is 11.3 Å². The van der Waals surface area contributed by atoms with Gasteiger partial charge in [0.15, 0.2) is 0 Å². The van der Waals surface area contributed by atoms with Crippen LogP contribution in [0.3, 0.4) is 0 Å². The van der Waals surface area contributed by atoms with Crippen molar-refractivity contribution in [3.63, 3.8) is 0 Å². The zero-order chi connectivity index (χ0) is 21.4. The number of benzene rings is 2. The second-order valence-corrected chi connectivity index (χ2v) is 9.23. The van der Waals surface area contributed by atoms with E-state index in [9.17, 15) is 14.7 Å². The molecule has 3 aromatic rings. The minimum atomic E-state index is -0.209. The topological polar surface area (TPSA) is 74.6 Å². The van der Waals surface area contributed by atoms with Crippen molar-refractivity contribution in [2.24, 2.45) is 0 Å². The van der Waals surface area contributed by atoms with Gasteiger partial charge in [0.25, 0.3) is 11.5 Å². The van der Waals surface area contributed by atoms with E-state index in [0.29, 0.717) is 27.9 Å². The van der Waals surface area contributed by atoms with Crippen LogP contribution in [0.2, 0.25) is 0 Å². The molecule has 154 valence electrons. The normalized spacial score (nSPS) is 15.6. The molecule has 2 heterocycles. The molecule has 0 radical (unpaired) electrons. The van der Waals surface area contributed by atoms with Gasteiger partial charge in [-0.2, -0.15) is 0 Å². The Labute approximate surface area is 185 Å². The van der Waals surface area contributed by atoms with E-state index in [1.54, 1.807) is 34.9 Å². The number of hydrogen-bond acceptors (Lipinski definition) is 5. The first-order chi connectivity index (χ1) is 14.3. The molecule has 6 nitrogen and oxygen atoms in total. The monoisotopic (exact) mass is 485 g/mol. The van der Waals surface area contributed by atoms with E-state index < -0.39 is 0 Å². The summed E-state index contributed by atoms with van der Waals surface area (Å²) in [7, 11) is 3.89. The molecule has 0 saturated carbocycles. The second-order valence-electron chi connectivity index (χ2n) is 7.29. The predicted molar refractivity (Wildman–Crippen MR) is 123 cm³/mol. The van der Waals surface area contributed by atoms with Crippen molar-refractivity contribution in [2.45, 2.75) is 6.54 Å². The Balaban J connectivity index is 1.99. The van der Waals surface area contributed by atoms with Gasteiger partial charge in [0.1, 0.15) is 10.4 Å². The second kappa shape index (κ2) is 8.22. The maximum Gasteiger partial charge on any atom is 0.269 e. The molecule has 1 aliphatic heterocycles. The lowest BCUT2D eigenvalue weighted by Crippen LogP contribution is -2.36. The number of halogens is 1. The van der Waals surface area contributed by atoms with Gasteiger partial charge in [0, 0.05) is 28.8 Å². The molecule has 1 aliphatic rings. The number of aromatic hydroxyl groups is 1. The first kappa shape index (κ1) is 20.6. The third kappa shape index (κ3) is 3.98. The van der Waals surface area contributed by atoms with Crippen molar-refractivity contribution in [2.75, 3.05) is 26.0 Å². The molecular formula is C22H20BrN3O3S. The van der Waals surface area contributed by atoms with Gasteiger partial charge in [-0.3, -0.25) is 14.2 Å². The van der Waals surface area contributed by atoms with E-state index in [1.807, 2.05) is 37.2 Å². The summed E-state index contributed by atoms with van der Waals surface area (Å²) in [6, 6.07) is 12.3. The number of carbonyl (C=O) groups is 1. The number of thiazole rings is 1. The number of nitrogens with zero attached hydrogens (tertiary/aromatic N) is 2. The molecule has 0 bridgehead atoms. The molecule has 0 unspecified atom stereocenters. The summed E-state index contributed by atoms with van der Waals surface area (Å²) in [5, 5.41) is 12.4. The summed E-state index contributed by atoms with van der Waals surface area (Å²) < 4.78 is 3.73. The first-order valence-electron chi connectivity index (χ1n) is 9.34. The van der Waals surface area contributed by atoms with Crippen molar-refractivity contribution in [3.05, 3.63) is 77.6 Å². The van der Waals surface area contributed by atoms with Gasteiger partial charge < -0.3 is 15.3 Å². The van der Waals surface area contributed by atoms with Gasteiger partial charge >= 0.3 is 0 Å². The van der Waals surface area contributed by atoms with Crippen molar-refractivity contribution < 1.29 is 9.90 Å². The summed E-state index contributed by atoms with van der Waals surface area (Å²) in [5.74, 6) is -0.0399. The third-order valence-corrected chi connectivity index (χ3v) is 6.43. The van der Waals surface area contributed by atoms with E-state index in [-0.39, 0.29) is 17.2 Å². The fourth-order valence-corrected chi connectivity index (χ4v) is 4.83. The highest BCUT2D eigenvalue weighted by atomic mass is 79.9. The number of amides is 1. The molecule has 0 saturated heterocycles. The van der Waals surface area contributed by atoms with Crippen molar-refractivity contribution in [3.8, 4) is 5.75 Å². The van der Waals surface area contributed by atoms with E-state index in [2.05, 4.69) is 21.2 Å². The van der Waals surface area contributed by atoms with Crippen LogP contribution >= 0.6 is 27.3 Å². The number of rotatable bonds is 4. The lowest BCUT2D eigenvalue weighted by atomic mass is 10.1. The Hall–Kier alpha value is -2.68. The van der Waals surface area contributed by atoms with Crippen LogP contribution in [0.25, 0.3) is 11.6 Å². The van der Waals surface area contributed by atoms with Crippen LogP contribution in [-0.2, 0) is 11.3 Å². The third-order valence-electron chi connectivity index (χ3n) is 4.81. The van der Waals surface area contributed by atoms with Crippen LogP contribution in [0.5, 0.6) is 5.75 Å². The van der Waals surface area contributed by atoms with Crippen LogP contribution in [0, 0.1) is 0 Å². The average Bonchev–Trinajstić information content (AvgIpc) is 3.17. The minimum Gasteiger partial charge on any atom is -0.508 e. The molecule has 4 rings (SSSR count). The highest BCUT2D eigenvalue weighted by Gasteiger charge is 2.27. The molecule has 0 spiro atoms. The van der Waals surface area contributed by atoms with Crippen molar-refractivity contribution >= 4 is 50.5 Å². The standard InChI is InChI=1S/C22H20BrN3O3S/c1-25(2)9-10-26-21(29)18(11-13-3-6-15(27)7-4-13)30-22(26)19-16-12-14(23)5-8-17(16)24-20(19)28/h3-8,11-12,27H,9-10H2,1-2H3,(H,24,28)/b18-11-,22-19-. The summed E-state index contributed by atoms with van der Waals surface area (Å²) in [5.41, 5.74) is 2.71. The fraction of sp³-hybridized carbons (Fsp3) is 0.182. The van der Waals surface area contributed by atoms with Gasteiger partial charge in [0.05, 0.1) is 10.1 Å². The van der Waals surface area contributed by atoms with Crippen molar-refractivity contribution in [1.29, 1.82) is 0 Å². The molecule has 2 aromatic carbocycles. The quantitative estimate of drug-likeness (QED) is 0.591. The minimum absolute atomic E-state index is 0.131. The number of aromatic nitrogens is 1. The molecule has 8 heteroatoms. The maximum atomic E-state index is 13.2. The molecule has 0 fully saturated rings. The fourth-order valence-electron chi connectivity index (χ4n) is 3.28. The number of phenols is 1. The number of nitrogens with one attached hydrogen (secondary N) is 1. The largest absolute Gasteiger partial charge is 0.508 e. The van der Waals surface area contributed by atoms with Crippen LogP contribution in [-0.4, -0.2) is 41.1 Å². The summed E-state index contributed by atoms with van der Waals surface area (Å²) in [6.45, 7) is 1.14.